The molecule has 0 saturated carbocycles. The number of nitrogens with zero attached hydrogens (tertiary/aromatic N) is 2. The maximum atomic E-state index is 14.2. The summed E-state index contributed by atoms with van der Waals surface area (Å²) >= 11 is 5.82. The van der Waals surface area contributed by atoms with E-state index >= 15 is 0 Å². The summed E-state index contributed by atoms with van der Waals surface area (Å²) in [5.74, 6) is -1.23. The first-order chi connectivity index (χ1) is 10.4. The van der Waals surface area contributed by atoms with Gasteiger partial charge in [0, 0.05) is 12.8 Å². The Morgan fingerprint density at radius 3 is 2.95 bits per heavy atom. The lowest BCUT2D eigenvalue weighted by atomic mass is 10.1. The Hall–Kier alpha value is -1.63. The van der Waals surface area contributed by atoms with E-state index in [-0.39, 0.29) is 10.6 Å². The first kappa shape index (κ1) is 16.7. The lowest BCUT2D eigenvalue weighted by Crippen LogP contribution is -2.53. The van der Waals surface area contributed by atoms with Gasteiger partial charge in [-0.1, -0.05) is 23.7 Å². The minimum absolute atomic E-state index is 0.0226. The number of benzene rings is 1. The molecule has 22 heavy (non-hydrogen) atoms. The number of allylic oxidation sites excluding steroid dienone is 1. The molecule has 1 aliphatic rings. The fourth-order valence-electron chi connectivity index (χ4n) is 2.17. The average Bonchev–Trinajstić information content (AvgIpc) is 2.46. The lowest BCUT2D eigenvalue weighted by Gasteiger charge is -2.32. The van der Waals surface area contributed by atoms with Crippen molar-refractivity contribution >= 4 is 17.8 Å². The molecule has 0 fully saturated rings. The Morgan fingerprint density at radius 1 is 1.45 bits per heavy atom. The summed E-state index contributed by atoms with van der Waals surface area (Å²) in [5.41, 5.74) is 6.40. The van der Waals surface area contributed by atoms with Gasteiger partial charge in [0.1, 0.15) is 5.82 Å². The zero-order chi connectivity index (χ0) is 16.2. The van der Waals surface area contributed by atoms with Crippen molar-refractivity contribution in [3.63, 3.8) is 0 Å². The maximum Gasteiger partial charge on any atom is 0.213 e. The third kappa shape index (κ3) is 3.97. The molecule has 1 atom stereocenters. The van der Waals surface area contributed by atoms with Crippen LogP contribution in [0, 0.1) is 5.82 Å². The molecule has 2 rings (SSSR count). The quantitative estimate of drug-likeness (QED) is 0.695. The van der Waals surface area contributed by atoms with Gasteiger partial charge in [-0.2, -0.15) is 0 Å². The molecule has 1 aromatic carbocycles. The van der Waals surface area contributed by atoms with Gasteiger partial charge in [-0.3, -0.25) is 5.73 Å². The molecular weight excluding hydrogens is 305 g/mol. The second-order valence-electron chi connectivity index (χ2n) is 5.43. The number of hydrogen-bond acceptors (Lipinski definition) is 5. The normalized spacial score (nSPS) is 20.7. The van der Waals surface area contributed by atoms with Crippen LogP contribution in [0.5, 0.6) is 0 Å². The summed E-state index contributed by atoms with van der Waals surface area (Å²) in [5, 5.41) is 6.28. The van der Waals surface area contributed by atoms with Crippen LogP contribution >= 0.6 is 11.6 Å². The first-order valence-electron chi connectivity index (χ1n) is 7.08. The fraction of sp³-hybridized carbons (Fsp3) is 0.400. The van der Waals surface area contributed by atoms with Gasteiger partial charge < -0.3 is 15.5 Å². The van der Waals surface area contributed by atoms with E-state index in [1.54, 1.807) is 24.4 Å². The molecule has 0 spiro atoms. The average molecular weight is 326 g/mol. The van der Waals surface area contributed by atoms with Crippen LogP contribution in [0.1, 0.15) is 12.0 Å². The van der Waals surface area contributed by atoms with Crippen molar-refractivity contribution in [2.24, 2.45) is 10.7 Å². The molecular formula is C15H21ClFN5. The van der Waals surface area contributed by atoms with E-state index in [9.17, 15) is 4.39 Å². The number of rotatable bonds is 6. The molecule has 4 N–H and O–H groups in total. The molecule has 0 saturated heterocycles. The minimum atomic E-state index is -1.37. The van der Waals surface area contributed by atoms with Gasteiger partial charge >= 0.3 is 0 Å². The predicted octanol–water partition coefficient (Wildman–Crippen LogP) is 1.60. The number of nitrogens with two attached hydrogens (primary N) is 1. The predicted molar refractivity (Wildman–Crippen MR) is 88.2 cm³/mol. The van der Waals surface area contributed by atoms with Gasteiger partial charge in [-0.25, -0.2) is 9.38 Å². The van der Waals surface area contributed by atoms with Crippen molar-refractivity contribution in [3.05, 3.63) is 46.5 Å². The van der Waals surface area contributed by atoms with Crippen molar-refractivity contribution in [2.75, 3.05) is 27.2 Å². The summed E-state index contributed by atoms with van der Waals surface area (Å²) in [6.07, 6.45) is 4.31. The smallest absolute Gasteiger partial charge is 0.213 e. The molecule has 1 aliphatic heterocycles. The minimum Gasteiger partial charge on any atom is -0.372 e. The third-order valence-corrected chi connectivity index (χ3v) is 3.60. The first-order valence-corrected chi connectivity index (χ1v) is 7.46. The summed E-state index contributed by atoms with van der Waals surface area (Å²) in [6.45, 7) is 1.75. The van der Waals surface area contributed by atoms with E-state index in [1.165, 1.54) is 6.07 Å². The Labute approximate surface area is 135 Å². The summed E-state index contributed by atoms with van der Waals surface area (Å²) < 4.78 is 14.2. The van der Waals surface area contributed by atoms with Crippen LogP contribution in [0.4, 0.5) is 4.39 Å². The molecule has 0 aromatic heterocycles. The lowest BCUT2D eigenvalue weighted by molar-refractivity contribution is 0.359. The van der Waals surface area contributed by atoms with Crippen LogP contribution in [0.2, 0.25) is 5.02 Å². The van der Waals surface area contributed by atoms with E-state index < -0.39 is 11.6 Å². The van der Waals surface area contributed by atoms with Gasteiger partial charge in [0.2, 0.25) is 5.79 Å². The molecule has 0 bridgehead atoms. The van der Waals surface area contributed by atoms with E-state index in [0.29, 0.717) is 5.82 Å². The summed E-state index contributed by atoms with van der Waals surface area (Å²) in [4.78, 5) is 6.27. The number of aliphatic imine (C=N–C) groups is 1. The van der Waals surface area contributed by atoms with Crippen molar-refractivity contribution < 1.29 is 4.39 Å². The van der Waals surface area contributed by atoms with Crippen LogP contribution in [0.15, 0.2) is 35.1 Å². The van der Waals surface area contributed by atoms with Crippen LogP contribution in [-0.4, -0.2) is 38.3 Å². The number of hydrogen-bond donors (Lipinski definition) is 3. The monoisotopic (exact) mass is 325 g/mol. The summed E-state index contributed by atoms with van der Waals surface area (Å²) in [7, 11) is 4.05. The molecule has 120 valence electrons. The molecule has 7 heteroatoms. The Bertz CT molecular complexity index is 587. The van der Waals surface area contributed by atoms with Crippen LogP contribution in [0.25, 0.3) is 0 Å². The SMILES string of the molecule is CN(C)CCCNC1=CC=NC(N)(c2cccc(Cl)c2F)N1. The van der Waals surface area contributed by atoms with Crippen LogP contribution < -0.4 is 16.4 Å². The molecule has 1 heterocycles. The van der Waals surface area contributed by atoms with Crippen molar-refractivity contribution in [2.45, 2.75) is 12.2 Å². The second kappa shape index (κ2) is 7.09. The topological polar surface area (TPSA) is 65.7 Å². The number of halogens is 2. The Morgan fingerprint density at radius 2 is 2.23 bits per heavy atom. The fourth-order valence-corrected chi connectivity index (χ4v) is 2.34. The molecule has 1 unspecified atom stereocenters. The highest BCUT2D eigenvalue weighted by Gasteiger charge is 2.32. The van der Waals surface area contributed by atoms with E-state index in [4.69, 9.17) is 17.3 Å². The highest BCUT2D eigenvalue weighted by atomic mass is 35.5. The zero-order valence-electron chi connectivity index (χ0n) is 12.7. The van der Waals surface area contributed by atoms with Crippen LogP contribution in [0.3, 0.4) is 0 Å². The van der Waals surface area contributed by atoms with Crippen LogP contribution in [-0.2, 0) is 5.79 Å². The third-order valence-electron chi connectivity index (χ3n) is 3.30. The van der Waals surface area contributed by atoms with E-state index in [2.05, 4.69) is 20.5 Å². The molecule has 0 radical (unpaired) electrons. The highest BCUT2D eigenvalue weighted by molar-refractivity contribution is 6.30. The zero-order valence-corrected chi connectivity index (χ0v) is 13.5. The van der Waals surface area contributed by atoms with Gasteiger partial charge in [0.05, 0.1) is 10.6 Å². The van der Waals surface area contributed by atoms with Crippen molar-refractivity contribution in [1.82, 2.24) is 15.5 Å². The standard InChI is InChI=1S/C15H21ClFN5/c1-22(2)10-4-8-19-13-7-9-20-15(18,21-13)11-5-3-6-12(16)14(11)17/h3,5-7,9,19,21H,4,8,10,18H2,1-2H3. The second-order valence-corrected chi connectivity index (χ2v) is 5.84. The maximum absolute atomic E-state index is 14.2. The van der Waals surface area contributed by atoms with Crippen molar-refractivity contribution in [1.29, 1.82) is 0 Å². The molecule has 0 amide bonds. The molecule has 5 nitrogen and oxygen atoms in total. The molecule has 0 aliphatic carbocycles. The van der Waals surface area contributed by atoms with E-state index in [0.717, 1.165) is 19.5 Å². The number of nitrogens with one attached hydrogen (secondary N) is 2. The van der Waals surface area contributed by atoms with E-state index in [1.807, 2.05) is 14.1 Å². The van der Waals surface area contributed by atoms with Gasteiger partial charge in [0.25, 0.3) is 0 Å². The summed E-state index contributed by atoms with van der Waals surface area (Å²) in [6, 6.07) is 4.70. The van der Waals surface area contributed by atoms with Gasteiger partial charge in [-0.05, 0) is 39.2 Å². The largest absolute Gasteiger partial charge is 0.372 e. The Kier molecular flexibility index (Phi) is 5.39. The molecule has 1 aromatic rings. The van der Waals surface area contributed by atoms with Crippen molar-refractivity contribution in [3.8, 4) is 0 Å². The highest BCUT2D eigenvalue weighted by Crippen LogP contribution is 2.27. The van der Waals surface area contributed by atoms with Gasteiger partial charge in [0.15, 0.2) is 5.82 Å². The Balaban J connectivity index is 2.04. The van der Waals surface area contributed by atoms with Gasteiger partial charge in [-0.15, -0.1) is 0 Å².